The van der Waals surface area contributed by atoms with Crippen molar-refractivity contribution >= 4 is 11.6 Å². The lowest BCUT2D eigenvalue weighted by Gasteiger charge is -2.35. The van der Waals surface area contributed by atoms with Crippen molar-refractivity contribution in [1.29, 1.82) is 0 Å². The Morgan fingerprint density at radius 2 is 1.83 bits per heavy atom. The molecule has 1 saturated carbocycles. The molecule has 3 aliphatic rings. The van der Waals surface area contributed by atoms with E-state index in [1.165, 1.54) is 18.4 Å². The summed E-state index contributed by atoms with van der Waals surface area (Å²) in [7, 11) is 0. The van der Waals surface area contributed by atoms with Gasteiger partial charge in [0.15, 0.2) is 0 Å². The molecule has 0 spiro atoms. The first-order valence-electron chi connectivity index (χ1n) is 12.8. The highest BCUT2D eigenvalue weighted by molar-refractivity contribution is 5.95. The number of hydrogen-bond acceptors (Lipinski definition) is 6. The lowest BCUT2D eigenvalue weighted by Crippen LogP contribution is -2.40. The number of rotatable bonds is 5. The van der Waals surface area contributed by atoms with Gasteiger partial charge in [-0.15, -0.1) is 0 Å². The molecule has 2 aromatic heterocycles. The monoisotopic (exact) mass is 472 g/mol. The van der Waals surface area contributed by atoms with Crippen LogP contribution >= 0.6 is 0 Å². The van der Waals surface area contributed by atoms with Gasteiger partial charge in [-0.1, -0.05) is 0 Å². The summed E-state index contributed by atoms with van der Waals surface area (Å²) in [5.74, 6) is 1.36. The molecular weight excluding hydrogens is 440 g/mol. The van der Waals surface area contributed by atoms with Gasteiger partial charge in [0.1, 0.15) is 5.75 Å². The van der Waals surface area contributed by atoms with Crippen LogP contribution in [-0.2, 0) is 11.2 Å². The Hall–Kier alpha value is -3.26. The number of anilines is 1. The first-order chi connectivity index (χ1) is 17.1. The number of nitrogens with zero attached hydrogens (tertiary/aromatic N) is 5. The van der Waals surface area contributed by atoms with Gasteiger partial charge >= 0.3 is 6.01 Å². The molecule has 0 radical (unpaired) electrons. The molecule has 2 fully saturated rings. The molecule has 6 rings (SSSR count). The molecule has 182 valence electrons. The Morgan fingerprint density at radius 3 is 2.54 bits per heavy atom. The Labute approximate surface area is 205 Å². The predicted molar refractivity (Wildman–Crippen MR) is 134 cm³/mol. The normalized spacial score (nSPS) is 20.5. The van der Waals surface area contributed by atoms with Gasteiger partial charge in [0, 0.05) is 48.2 Å². The van der Waals surface area contributed by atoms with E-state index in [9.17, 15) is 4.79 Å². The molecule has 1 atom stereocenters. The van der Waals surface area contributed by atoms with Crippen molar-refractivity contribution in [2.45, 2.75) is 70.4 Å². The third-order valence-corrected chi connectivity index (χ3v) is 7.57. The maximum Gasteiger partial charge on any atom is 0.321 e. The first kappa shape index (κ1) is 22.2. The molecule has 8 heteroatoms. The smallest absolute Gasteiger partial charge is 0.321 e. The number of amides is 1. The number of aromatic nitrogens is 4. The molecule has 0 bridgehead atoms. The fourth-order valence-corrected chi connectivity index (χ4v) is 5.47. The quantitative estimate of drug-likeness (QED) is 0.583. The maximum atomic E-state index is 12.5. The molecular formula is C27H32N6O2. The molecule has 8 nitrogen and oxygen atoms in total. The van der Waals surface area contributed by atoms with Gasteiger partial charge in [0.25, 0.3) is 0 Å². The van der Waals surface area contributed by atoms with Crippen molar-refractivity contribution in [2.75, 3.05) is 18.0 Å². The summed E-state index contributed by atoms with van der Waals surface area (Å²) in [6, 6.07) is 4.98. The Balaban J connectivity index is 1.41. The van der Waals surface area contributed by atoms with Gasteiger partial charge in [0.05, 0.1) is 17.9 Å². The van der Waals surface area contributed by atoms with Gasteiger partial charge in [-0.2, -0.15) is 5.10 Å². The number of piperidine rings is 1. The van der Waals surface area contributed by atoms with Gasteiger partial charge in [-0.05, 0) is 82.2 Å². The third-order valence-electron chi connectivity index (χ3n) is 7.57. The standard InChI is InChI=1S/C27H32N6O2/c1-17-3-6-24-25(33(17)18(2)34)8-7-23(21-15-31-32(16-21)22-9-11-28-12-10-22)26(24)35-27-29-13-20(14-30-27)19-4-5-19/h7-8,13-17,19,22,28H,3-6,9-12H2,1-2H3/t17-/m0/s1. The molecule has 1 aromatic carbocycles. The van der Waals surface area contributed by atoms with Gasteiger partial charge in [-0.25, -0.2) is 9.97 Å². The topological polar surface area (TPSA) is 85.2 Å². The average molecular weight is 473 g/mol. The molecule has 2 aliphatic heterocycles. The van der Waals surface area contributed by atoms with Crippen LogP contribution in [-0.4, -0.2) is 44.8 Å². The van der Waals surface area contributed by atoms with E-state index < -0.39 is 0 Å². The zero-order valence-corrected chi connectivity index (χ0v) is 20.4. The maximum absolute atomic E-state index is 12.5. The highest BCUT2D eigenvalue weighted by Crippen LogP contribution is 2.45. The van der Waals surface area contributed by atoms with Crippen LogP contribution in [0.3, 0.4) is 0 Å². The van der Waals surface area contributed by atoms with Crippen LogP contribution < -0.4 is 15.0 Å². The lowest BCUT2D eigenvalue weighted by atomic mass is 9.92. The van der Waals surface area contributed by atoms with E-state index in [1.54, 1.807) is 6.92 Å². The van der Waals surface area contributed by atoms with Crippen molar-refractivity contribution < 1.29 is 9.53 Å². The zero-order chi connectivity index (χ0) is 23.9. The summed E-state index contributed by atoms with van der Waals surface area (Å²) < 4.78 is 8.52. The fourth-order valence-electron chi connectivity index (χ4n) is 5.47. The van der Waals surface area contributed by atoms with Crippen LogP contribution in [0.2, 0.25) is 0 Å². The summed E-state index contributed by atoms with van der Waals surface area (Å²) in [5.41, 5.74) is 5.07. The van der Waals surface area contributed by atoms with Crippen molar-refractivity contribution in [1.82, 2.24) is 25.1 Å². The molecule has 0 unspecified atom stereocenters. The summed E-state index contributed by atoms with van der Waals surface area (Å²) >= 11 is 0. The van der Waals surface area contributed by atoms with Crippen LogP contribution in [0, 0.1) is 0 Å². The Kier molecular flexibility index (Phi) is 5.76. The van der Waals surface area contributed by atoms with E-state index in [0.717, 1.165) is 66.9 Å². The minimum Gasteiger partial charge on any atom is -0.423 e. The number of benzene rings is 1. The molecule has 1 N–H and O–H groups in total. The van der Waals surface area contributed by atoms with E-state index in [1.807, 2.05) is 35.6 Å². The van der Waals surface area contributed by atoms with E-state index in [2.05, 4.69) is 33.1 Å². The minimum atomic E-state index is 0.0425. The number of carbonyl (C=O) groups is 1. The number of nitrogens with one attached hydrogen (secondary N) is 1. The number of ether oxygens (including phenoxy) is 1. The number of carbonyl (C=O) groups excluding carboxylic acids is 1. The molecule has 35 heavy (non-hydrogen) atoms. The van der Waals surface area contributed by atoms with Gasteiger partial charge < -0.3 is 15.0 Å². The van der Waals surface area contributed by atoms with Crippen molar-refractivity contribution in [2.24, 2.45) is 0 Å². The largest absolute Gasteiger partial charge is 0.423 e. The van der Waals surface area contributed by atoms with Crippen LogP contribution in [0.15, 0.2) is 36.9 Å². The van der Waals surface area contributed by atoms with E-state index in [0.29, 0.717) is 18.0 Å². The van der Waals surface area contributed by atoms with Crippen LogP contribution in [0.25, 0.3) is 11.1 Å². The second-order valence-electron chi connectivity index (χ2n) is 10.1. The average Bonchev–Trinajstić information content (AvgIpc) is 3.61. The zero-order valence-electron chi connectivity index (χ0n) is 20.4. The van der Waals surface area contributed by atoms with Crippen LogP contribution in [0.4, 0.5) is 5.69 Å². The third kappa shape index (κ3) is 4.31. The second-order valence-corrected chi connectivity index (χ2v) is 10.1. The summed E-state index contributed by atoms with van der Waals surface area (Å²) in [4.78, 5) is 23.5. The number of fused-ring (bicyclic) bond motifs is 1. The highest BCUT2D eigenvalue weighted by Gasteiger charge is 2.31. The van der Waals surface area contributed by atoms with Crippen LogP contribution in [0.1, 0.15) is 69.0 Å². The minimum absolute atomic E-state index is 0.0425. The van der Waals surface area contributed by atoms with E-state index >= 15 is 0 Å². The molecule has 1 amide bonds. The highest BCUT2D eigenvalue weighted by atomic mass is 16.5. The van der Waals surface area contributed by atoms with Crippen molar-refractivity contribution in [3.05, 3.63) is 48.0 Å². The summed E-state index contributed by atoms with van der Waals surface area (Å²) in [6.45, 7) is 5.75. The molecule has 4 heterocycles. The van der Waals surface area contributed by atoms with Gasteiger partial charge in [0.2, 0.25) is 5.91 Å². The van der Waals surface area contributed by atoms with Crippen LogP contribution in [0.5, 0.6) is 11.8 Å². The Bertz CT molecular complexity index is 1230. The second kappa shape index (κ2) is 9.07. The lowest BCUT2D eigenvalue weighted by molar-refractivity contribution is -0.117. The summed E-state index contributed by atoms with van der Waals surface area (Å²) in [6.07, 6.45) is 14.1. The number of hydrogen-bond donors (Lipinski definition) is 1. The Morgan fingerprint density at radius 1 is 1.06 bits per heavy atom. The predicted octanol–water partition coefficient (Wildman–Crippen LogP) is 4.62. The van der Waals surface area contributed by atoms with Crippen molar-refractivity contribution in [3.8, 4) is 22.9 Å². The molecule has 1 saturated heterocycles. The van der Waals surface area contributed by atoms with Gasteiger partial charge in [-0.3, -0.25) is 9.48 Å². The SMILES string of the molecule is CC(=O)N1c2ccc(-c3cnn(C4CCNCC4)c3)c(Oc3ncc(C4CC4)cn3)c2CC[C@@H]1C. The van der Waals surface area contributed by atoms with Crippen molar-refractivity contribution in [3.63, 3.8) is 0 Å². The van der Waals surface area contributed by atoms with E-state index in [-0.39, 0.29) is 11.9 Å². The summed E-state index contributed by atoms with van der Waals surface area (Å²) in [5, 5.41) is 8.13. The first-order valence-corrected chi connectivity index (χ1v) is 12.8. The van der Waals surface area contributed by atoms with E-state index in [4.69, 9.17) is 9.84 Å². The fraction of sp³-hybridized carbons (Fsp3) is 0.481. The molecule has 1 aliphatic carbocycles. The molecule has 3 aromatic rings.